The molecule has 1 aliphatic rings. The molecule has 8 heteroatoms. The minimum absolute atomic E-state index is 0.0696. The predicted molar refractivity (Wildman–Crippen MR) is 84.2 cm³/mol. The molecule has 0 aromatic carbocycles. The van der Waals surface area contributed by atoms with Crippen LogP contribution < -0.4 is 10.6 Å². The molecule has 0 spiro atoms. The van der Waals surface area contributed by atoms with Crippen molar-refractivity contribution in [3.8, 4) is 0 Å². The van der Waals surface area contributed by atoms with Crippen LogP contribution in [0.2, 0.25) is 5.02 Å². The summed E-state index contributed by atoms with van der Waals surface area (Å²) in [6.07, 6.45) is 5.63. The Balaban J connectivity index is 1.71. The summed E-state index contributed by atoms with van der Waals surface area (Å²) in [5, 5.41) is 5.31. The number of aromatic nitrogens is 1. The first-order valence-corrected chi connectivity index (χ1v) is 7.95. The molecule has 3 amide bonds. The molecule has 2 rings (SSSR count). The first kappa shape index (κ1) is 17.3. The van der Waals surface area contributed by atoms with Gasteiger partial charge in [0.25, 0.3) is 5.91 Å². The van der Waals surface area contributed by atoms with Crippen LogP contribution >= 0.6 is 11.6 Å². The van der Waals surface area contributed by atoms with Crippen LogP contribution in [0.1, 0.15) is 43.1 Å². The molecule has 0 bridgehead atoms. The first-order chi connectivity index (χ1) is 11.0. The number of carbonyl (C=O) groups is 3. The Morgan fingerprint density at radius 3 is 2.74 bits per heavy atom. The molecule has 2 unspecified atom stereocenters. The van der Waals surface area contributed by atoms with E-state index in [0.29, 0.717) is 10.9 Å². The molecule has 0 aliphatic heterocycles. The van der Waals surface area contributed by atoms with E-state index in [9.17, 15) is 14.4 Å². The summed E-state index contributed by atoms with van der Waals surface area (Å²) in [6, 6.07) is 0.895. The zero-order valence-electron chi connectivity index (χ0n) is 12.9. The maximum absolute atomic E-state index is 11.8. The second-order valence-corrected chi connectivity index (χ2v) is 6.13. The Hall–Kier alpha value is -2.02. The lowest BCUT2D eigenvalue weighted by Crippen LogP contribution is -2.48. The highest BCUT2D eigenvalue weighted by atomic mass is 35.5. The van der Waals surface area contributed by atoms with Gasteiger partial charge in [-0.05, 0) is 24.8 Å². The lowest BCUT2D eigenvalue weighted by molar-refractivity contribution is -0.123. The lowest BCUT2D eigenvalue weighted by Gasteiger charge is -2.29. The molecular formula is C15H20ClN3O4. The lowest BCUT2D eigenvalue weighted by atomic mass is 9.86. The molecule has 23 heavy (non-hydrogen) atoms. The third-order valence-corrected chi connectivity index (χ3v) is 4.10. The predicted octanol–water partition coefficient (Wildman–Crippen LogP) is 2.23. The Labute approximate surface area is 139 Å². The molecule has 1 aliphatic carbocycles. The van der Waals surface area contributed by atoms with Gasteiger partial charge in [0.1, 0.15) is 5.69 Å². The number of rotatable bonds is 4. The van der Waals surface area contributed by atoms with Gasteiger partial charge in [0, 0.05) is 12.2 Å². The van der Waals surface area contributed by atoms with E-state index in [0.717, 1.165) is 19.3 Å². The maximum Gasteiger partial charge on any atom is 0.355 e. The molecule has 126 valence electrons. The second-order valence-electron chi connectivity index (χ2n) is 5.70. The van der Waals surface area contributed by atoms with Crippen molar-refractivity contribution in [2.45, 2.75) is 38.6 Å². The van der Waals surface area contributed by atoms with Gasteiger partial charge in [-0.3, -0.25) is 10.1 Å². The smallest absolute Gasteiger partial charge is 0.355 e. The molecular weight excluding hydrogens is 322 g/mol. The molecule has 7 nitrogen and oxygen atoms in total. The minimum Gasteiger partial charge on any atom is -0.451 e. The van der Waals surface area contributed by atoms with Crippen molar-refractivity contribution in [3.63, 3.8) is 0 Å². The summed E-state index contributed by atoms with van der Waals surface area (Å²) in [5.74, 6) is -1.01. The van der Waals surface area contributed by atoms with Crippen molar-refractivity contribution < 1.29 is 19.1 Å². The van der Waals surface area contributed by atoms with E-state index >= 15 is 0 Å². The van der Waals surface area contributed by atoms with Crippen LogP contribution in [-0.2, 0) is 9.53 Å². The number of hydrogen-bond donors (Lipinski definition) is 3. The zero-order valence-corrected chi connectivity index (χ0v) is 13.6. The van der Waals surface area contributed by atoms with Crippen LogP contribution in [0.4, 0.5) is 4.79 Å². The van der Waals surface area contributed by atoms with E-state index in [1.807, 2.05) is 0 Å². The van der Waals surface area contributed by atoms with Crippen molar-refractivity contribution in [3.05, 3.63) is 23.0 Å². The van der Waals surface area contributed by atoms with Crippen LogP contribution in [-0.4, -0.2) is 35.5 Å². The van der Waals surface area contributed by atoms with E-state index in [1.165, 1.54) is 18.7 Å². The summed E-state index contributed by atoms with van der Waals surface area (Å²) in [6.45, 7) is 1.54. The summed E-state index contributed by atoms with van der Waals surface area (Å²) in [4.78, 5) is 37.6. The summed E-state index contributed by atoms with van der Waals surface area (Å²) < 4.78 is 4.79. The van der Waals surface area contributed by atoms with Gasteiger partial charge in [0.2, 0.25) is 0 Å². The van der Waals surface area contributed by atoms with Crippen LogP contribution in [0.15, 0.2) is 12.3 Å². The third kappa shape index (κ3) is 5.28. The number of imide groups is 1. The van der Waals surface area contributed by atoms with Crippen molar-refractivity contribution in [2.24, 2.45) is 5.92 Å². The van der Waals surface area contributed by atoms with Gasteiger partial charge >= 0.3 is 12.0 Å². The molecule has 0 radical (unpaired) electrons. The van der Waals surface area contributed by atoms with E-state index in [2.05, 4.69) is 22.5 Å². The largest absolute Gasteiger partial charge is 0.451 e. The zero-order chi connectivity index (χ0) is 16.8. The van der Waals surface area contributed by atoms with Crippen LogP contribution in [0.3, 0.4) is 0 Å². The van der Waals surface area contributed by atoms with Gasteiger partial charge in [-0.25, -0.2) is 9.59 Å². The Morgan fingerprint density at radius 1 is 1.35 bits per heavy atom. The number of amides is 3. The highest BCUT2D eigenvalue weighted by Gasteiger charge is 2.23. The quantitative estimate of drug-likeness (QED) is 0.731. The minimum atomic E-state index is -0.714. The summed E-state index contributed by atoms with van der Waals surface area (Å²) >= 11 is 5.67. The number of ether oxygens (including phenoxy) is 1. The van der Waals surface area contributed by atoms with Crippen molar-refractivity contribution in [1.82, 2.24) is 15.6 Å². The fraction of sp³-hybridized carbons (Fsp3) is 0.533. The van der Waals surface area contributed by atoms with E-state index in [4.69, 9.17) is 16.3 Å². The number of H-pyrrole nitrogens is 1. The average Bonchev–Trinajstić information content (AvgIpc) is 2.94. The molecule has 1 aromatic rings. The maximum atomic E-state index is 11.8. The normalized spacial score (nSPS) is 20.6. The number of carbonyl (C=O) groups excluding carboxylic acids is 3. The van der Waals surface area contributed by atoms with Crippen molar-refractivity contribution in [1.29, 1.82) is 0 Å². The molecule has 2 atom stereocenters. The van der Waals surface area contributed by atoms with E-state index < -0.39 is 24.5 Å². The van der Waals surface area contributed by atoms with Crippen LogP contribution in [0.25, 0.3) is 0 Å². The summed E-state index contributed by atoms with van der Waals surface area (Å²) in [7, 11) is 0. The number of aromatic amines is 1. The van der Waals surface area contributed by atoms with E-state index in [-0.39, 0.29) is 11.7 Å². The fourth-order valence-electron chi connectivity index (χ4n) is 2.59. The molecule has 1 heterocycles. The second kappa shape index (κ2) is 8.01. The van der Waals surface area contributed by atoms with Gasteiger partial charge < -0.3 is 15.0 Å². The number of hydrogen-bond acceptors (Lipinski definition) is 4. The monoisotopic (exact) mass is 341 g/mol. The van der Waals surface area contributed by atoms with Gasteiger partial charge in [0.05, 0.1) is 5.02 Å². The fourth-order valence-corrected chi connectivity index (χ4v) is 2.76. The SMILES string of the molecule is CC1CCCCC1NC(=O)NC(=O)COC(=O)c1cc(Cl)c[nH]1. The number of urea groups is 1. The third-order valence-electron chi connectivity index (χ3n) is 3.88. The number of nitrogens with one attached hydrogen (secondary N) is 3. The Morgan fingerprint density at radius 2 is 2.09 bits per heavy atom. The topological polar surface area (TPSA) is 100 Å². The summed E-state index contributed by atoms with van der Waals surface area (Å²) in [5.41, 5.74) is 0.142. The van der Waals surface area contributed by atoms with Crippen LogP contribution in [0.5, 0.6) is 0 Å². The molecule has 3 N–H and O–H groups in total. The first-order valence-electron chi connectivity index (χ1n) is 7.57. The van der Waals surface area contributed by atoms with Gasteiger partial charge in [-0.2, -0.15) is 0 Å². The van der Waals surface area contributed by atoms with Gasteiger partial charge in [-0.15, -0.1) is 0 Å². The number of esters is 1. The van der Waals surface area contributed by atoms with Crippen molar-refractivity contribution in [2.75, 3.05) is 6.61 Å². The Bertz CT molecular complexity index is 587. The highest BCUT2D eigenvalue weighted by Crippen LogP contribution is 2.23. The van der Waals surface area contributed by atoms with Crippen molar-refractivity contribution >= 4 is 29.5 Å². The molecule has 1 fully saturated rings. The standard InChI is InChI=1S/C15H20ClN3O4/c1-9-4-2-3-5-11(9)18-15(22)19-13(20)8-23-14(21)12-6-10(16)7-17-12/h6-7,9,11,17H,2-5,8H2,1H3,(H2,18,19,20,22). The molecule has 0 saturated heterocycles. The molecule has 1 saturated carbocycles. The average molecular weight is 342 g/mol. The van der Waals surface area contributed by atoms with Crippen LogP contribution in [0, 0.1) is 5.92 Å². The highest BCUT2D eigenvalue weighted by molar-refractivity contribution is 6.30. The Kier molecular flexibility index (Phi) is 6.04. The number of halogens is 1. The van der Waals surface area contributed by atoms with E-state index in [1.54, 1.807) is 0 Å². The van der Waals surface area contributed by atoms with Gasteiger partial charge in [-0.1, -0.05) is 31.4 Å². The van der Waals surface area contributed by atoms with Gasteiger partial charge in [0.15, 0.2) is 6.61 Å². The molecule has 1 aromatic heterocycles.